The Labute approximate surface area is 255 Å². The second-order valence-electron chi connectivity index (χ2n) is 12.3. The Morgan fingerprint density at radius 2 is 1.77 bits per heavy atom. The maximum atomic E-state index is 14.3. The van der Waals surface area contributed by atoms with E-state index in [-0.39, 0.29) is 28.1 Å². The number of carbonyl (C=O) groups is 3. The zero-order chi connectivity index (χ0) is 31.0. The quantitative estimate of drug-likeness (QED) is 0.340. The molecule has 3 aliphatic heterocycles. The van der Waals surface area contributed by atoms with Crippen LogP contribution in [0, 0.1) is 0 Å². The fraction of sp³-hybridized carbons (Fsp3) is 0.517. The van der Waals surface area contributed by atoms with Gasteiger partial charge < -0.3 is 24.9 Å². The number of fused-ring (bicyclic) bond motifs is 3. The molecule has 7 rings (SSSR count). The summed E-state index contributed by atoms with van der Waals surface area (Å²) < 4.78 is 42.3. The number of aromatic nitrogens is 2. The molecule has 1 aliphatic carbocycles. The third kappa shape index (κ3) is 5.15. The first kappa shape index (κ1) is 29.5. The first-order valence-electron chi connectivity index (χ1n) is 14.9. The zero-order valence-corrected chi connectivity index (χ0v) is 25.4. The fourth-order valence-corrected chi connectivity index (χ4v) is 8.14. The van der Waals surface area contributed by atoms with Crippen molar-refractivity contribution < 1.29 is 37.5 Å². The Bertz CT molecular complexity index is 1690. The van der Waals surface area contributed by atoms with Gasteiger partial charge in [0.15, 0.2) is 0 Å². The Morgan fingerprint density at radius 3 is 2.50 bits per heavy atom. The van der Waals surface area contributed by atoms with Crippen LogP contribution in [0.2, 0.25) is 0 Å². The number of hydrogen-bond donors (Lipinski definition) is 3. The standard InChI is InChI=1S/C29H32F2N5O6PS/c30-29(31,43(40,41)42)18-5-10-24-16(11-18)12-25(44-24)26(37)32-21-4-2-1-3-20-8-9-23(36(20)27(21)38)28(39)34-13-17-14-35(19-6-7-19)33-22(17)15-34/h5,10-12,14,19-21,23H,1-4,6-9,13,15H2,(H,32,37)(H2,40,41,42)/t20-,21?,23-/m0/s1. The van der Waals surface area contributed by atoms with Crippen LogP contribution in [-0.4, -0.2) is 65.2 Å². The summed E-state index contributed by atoms with van der Waals surface area (Å²) in [5.74, 6) is -0.945. The van der Waals surface area contributed by atoms with Crippen molar-refractivity contribution in [3.63, 3.8) is 0 Å². The minimum atomic E-state index is -5.75. The zero-order valence-electron chi connectivity index (χ0n) is 23.7. The summed E-state index contributed by atoms with van der Waals surface area (Å²) in [5, 5.41) is 7.74. The highest BCUT2D eigenvalue weighted by atomic mass is 32.1. The van der Waals surface area contributed by atoms with E-state index in [0.29, 0.717) is 43.1 Å². The van der Waals surface area contributed by atoms with Crippen LogP contribution in [0.25, 0.3) is 10.1 Å². The predicted molar refractivity (Wildman–Crippen MR) is 156 cm³/mol. The minimum Gasteiger partial charge on any atom is -0.340 e. The molecule has 1 unspecified atom stereocenters. The molecule has 3 fully saturated rings. The van der Waals surface area contributed by atoms with Gasteiger partial charge in [0.1, 0.15) is 12.1 Å². The van der Waals surface area contributed by atoms with Crippen LogP contribution in [0.3, 0.4) is 0 Å². The van der Waals surface area contributed by atoms with Gasteiger partial charge in [-0.3, -0.25) is 23.6 Å². The molecular weight excluding hydrogens is 615 g/mol. The van der Waals surface area contributed by atoms with Crippen molar-refractivity contribution in [1.29, 1.82) is 0 Å². The van der Waals surface area contributed by atoms with Crippen molar-refractivity contribution in [2.75, 3.05) is 0 Å². The smallest absolute Gasteiger partial charge is 0.340 e. The summed E-state index contributed by atoms with van der Waals surface area (Å²) in [6.07, 6.45) is 8.34. The maximum Gasteiger partial charge on any atom is 0.399 e. The van der Waals surface area contributed by atoms with Gasteiger partial charge in [0, 0.05) is 34.6 Å². The molecule has 3 N–H and O–H groups in total. The van der Waals surface area contributed by atoms with Gasteiger partial charge in [0.05, 0.1) is 23.2 Å². The van der Waals surface area contributed by atoms with Crippen LogP contribution < -0.4 is 5.32 Å². The van der Waals surface area contributed by atoms with E-state index in [1.165, 1.54) is 12.1 Å². The Kier molecular flexibility index (Phi) is 7.19. The summed E-state index contributed by atoms with van der Waals surface area (Å²) in [6, 6.07) is 3.48. The normalized spacial score (nSPS) is 24.3. The lowest BCUT2D eigenvalue weighted by Crippen LogP contribution is -2.56. The summed E-state index contributed by atoms with van der Waals surface area (Å²) in [6.45, 7) is 0.892. The molecule has 0 spiro atoms. The molecule has 2 aromatic heterocycles. The number of alkyl halides is 2. The van der Waals surface area contributed by atoms with Crippen LogP contribution >= 0.6 is 18.9 Å². The molecule has 3 amide bonds. The molecular formula is C29H32F2N5O6PS. The molecule has 3 atom stereocenters. The molecule has 2 saturated heterocycles. The van der Waals surface area contributed by atoms with Gasteiger partial charge >= 0.3 is 13.3 Å². The summed E-state index contributed by atoms with van der Waals surface area (Å²) in [4.78, 5) is 62.9. The van der Waals surface area contributed by atoms with E-state index < -0.39 is 36.8 Å². The van der Waals surface area contributed by atoms with Gasteiger partial charge in [-0.2, -0.15) is 13.9 Å². The van der Waals surface area contributed by atoms with Crippen molar-refractivity contribution in [1.82, 2.24) is 24.9 Å². The molecule has 1 saturated carbocycles. The van der Waals surface area contributed by atoms with Crippen LogP contribution in [0.15, 0.2) is 30.5 Å². The highest BCUT2D eigenvalue weighted by Crippen LogP contribution is 2.59. The fourth-order valence-electron chi connectivity index (χ4n) is 6.71. The van der Waals surface area contributed by atoms with Gasteiger partial charge in [-0.25, -0.2) is 0 Å². The molecule has 0 bridgehead atoms. The van der Waals surface area contributed by atoms with Crippen molar-refractivity contribution in [3.8, 4) is 0 Å². The second kappa shape index (κ2) is 10.7. The lowest BCUT2D eigenvalue weighted by Gasteiger charge is -2.36. The third-order valence-electron chi connectivity index (χ3n) is 9.21. The molecule has 234 valence electrons. The van der Waals surface area contributed by atoms with E-state index in [1.807, 2.05) is 10.9 Å². The Balaban J connectivity index is 1.07. The molecule has 11 nitrogen and oxygen atoms in total. The second-order valence-corrected chi connectivity index (χ2v) is 15.0. The monoisotopic (exact) mass is 647 g/mol. The van der Waals surface area contributed by atoms with Crippen LogP contribution in [0.1, 0.15) is 83.9 Å². The summed E-state index contributed by atoms with van der Waals surface area (Å²) in [5.41, 5.74) is -3.26. The number of halogens is 2. The van der Waals surface area contributed by atoms with Gasteiger partial charge in [-0.05, 0) is 62.1 Å². The van der Waals surface area contributed by atoms with Gasteiger partial charge in [-0.15, -0.1) is 11.3 Å². The Morgan fingerprint density at radius 1 is 1.02 bits per heavy atom. The van der Waals surface area contributed by atoms with Gasteiger partial charge in [0.25, 0.3) is 5.91 Å². The van der Waals surface area contributed by atoms with Crippen LogP contribution in [-0.2, 0) is 32.9 Å². The van der Waals surface area contributed by atoms with Crippen molar-refractivity contribution in [3.05, 3.63) is 52.2 Å². The third-order valence-corrected chi connectivity index (χ3v) is 11.3. The molecule has 0 radical (unpaired) electrons. The van der Waals surface area contributed by atoms with E-state index in [1.54, 1.807) is 9.80 Å². The summed E-state index contributed by atoms with van der Waals surface area (Å²) >= 11 is 1.03. The van der Waals surface area contributed by atoms with Crippen molar-refractivity contribution >= 4 is 46.7 Å². The molecule has 15 heteroatoms. The average molecular weight is 648 g/mol. The maximum absolute atomic E-state index is 14.3. The average Bonchev–Trinajstić information content (AvgIpc) is 3.28. The SMILES string of the molecule is O=C(NC1CCCC[C@H]2CC[C@@H](C(=O)N3Cc4cn(C5CC5)nc4C3)N2C1=O)c1cc2cc(C(F)(F)P(=O)(O)O)ccc2s1. The first-order valence-corrected chi connectivity index (χ1v) is 17.3. The van der Waals surface area contributed by atoms with Crippen molar-refractivity contribution in [2.45, 2.75) is 94.3 Å². The van der Waals surface area contributed by atoms with E-state index in [9.17, 15) is 27.7 Å². The largest absolute Gasteiger partial charge is 0.399 e. The van der Waals surface area contributed by atoms with E-state index in [4.69, 9.17) is 9.79 Å². The molecule has 5 heterocycles. The molecule has 4 aliphatic rings. The molecule has 44 heavy (non-hydrogen) atoms. The summed E-state index contributed by atoms with van der Waals surface area (Å²) in [7, 11) is -5.75. The van der Waals surface area contributed by atoms with E-state index in [2.05, 4.69) is 10.4 Å². The minimum absolute atomic E-state index is 0.0846. The number of benzene rings is 1. The first-order chi connectivity index (χ1) is 20.9. The molecule has 3 aromatic rings. The number of nitrogens with zero attached hydrogens (tertiary/aromatic N) is 4. The molecule has 1 aromatic carbocycles. The van der Waals surface area contributed by atoms with Gasteiger partial charge in [0.2, 0.25) is 11.8 Å². The van der Waals surface area contributed by atoms with E-state index in [0.717, 1.165) is 66.8 Å². The lowest BCUT2D eigenvalue weighted by molar-refractivity contribution is -0.147. The Hall–Kier alpha value is -3.19. The number of carbonyl (C=O) groups excluding carboxylic acids is 3. The van der Waals surface area contributed by atoms with Crippen LogP contribution in [0.4, 0.5) is 8.78 Å². The van der Waals surface area contributed by atoms with Gasteiger partial charge in [-0.1, -0.05) is 18.9 Å². The highest BCUT2D eigenvalue weighted by Gasteiger charge is 2.50. The topological polar surface area (TPSA) is 145 Å². The lowest BCUT2D eigenvalue weighted by atomic mass is 9.99. The number of hydrogen-bond acceptors (Lipinski definition) is 6. The number of nitrogens with one attached hydrogen (secondary N) is 1. The van der Waals surface area contributed by atoms with Crippen LogP contribution in [0.5, 0.6) is 0 Å². The highest BCUT2D eigenvalue weighted by molar-refractivity contribution is 7.52. The number of amides is 3. The number of thiophene rings is 1. The van der Waals surface area contributed by atoms with E-state index >= 15 is 0 Å². The van der Waals surface area contributed by atoms with Crippen molar-refractivity contribution in [2.24, 2.45) is 0 Å². The number of rotatable bonds is 6. The predicted octanol–water partition coefficient (Wildman–Crippen LogP) is 4.23.